The third-order valence-corrected chi connectivity index (χ3v) is 10.9. The van der Waals surface area contributed by atoms with Crippen LogP contribution < -0.4 is 0 Å². The predicted molar refractivity (Wildman–Crippen MR) is 252 cm³/mol. The van der Waals surface area contributed by atoms with Crippen molar-refractivity contribution in [3.05, 3.63) is 48.6 Å². The summed E-state index contributed by atoms with van der Waals surface area (Å²) in [5.41, 5.74) is 0. The predicted octanol–water partition coefficient (Wildman–Crippen LogP) is 16.3. The van der Waals surface area contributed by atoms with E-state index in [1.165, 1.54) is 141 Å². The quantitative estimate of drug-likeness (QED) is 0.0263. The summed E-state index contributed by atoms with van der Waals surface area (Å²) >= 11 is 0. The van der Waals surface area contributed by atoms with Crippen molar-refractivity contribution in [3.63, 3.8) is 0 Å². The van der Waals surface area contributed by atoms with E-state index in [2.05, 4.69) is 39.0 Å². The van der Waals surface area contributed by atoms with Gasteiger partial charge in [0.2, 0.25) is 0 Å². The Balaban J connectivity index is 4.40. The maximum absolute atomic E-state index is 12.8. The SMILES string of the molecule is CC/C=C/C=C/C=C/C=C/CCCCCC(=O)OCC(COC(=O)CCCCCCCCCCCCCCCC)OC(=O)CCCCCCCCCCCCCCCC. The fraction of sp³-hybridized carbons (Fsp3) is 0.792. The molecule has 6 heteroatoms. The second-order valence-corrected chi connectivity index (χ2v) is 16.8. The number of unbranched alkanes of at least 4 members (excludes halogenated alkanes) is 29. The number of rotatable bonds is 45. The van der Waals surface area contributed by atoms with Crippen molar-refractivity contribution in [3.8, 4) is 0 Å². The Morgan fingerprint density at radius 3 is 1.03 bits per heavy atom. The van der Waals surface area contributed by atoms with Crippen LogP contribution >= 0.6 is 0 Å². The number of allylic oxidation sites excluding steroid dienone is 8. The van der Waals surface area contributed by atoms with E-state index in [-0.39, 0.29) is 31.1 Å². The molecular weight excluding hydrogens is 733 g/mol. The van der Waals surface area contributed by atoms with E-state index < -0.39 is 6.10 Å². The molecule has 0 fully saturated rings. The first-order valence-electron chi connectivity index (χ1n) is 25.2. The molecule has 0 aliphatic carbocycles. The van der Waals surface area contributed by atoms with Gasteiger partial charge in [-0.25, -0.2) is 0 Å². The molecule has 1 atom stereocenters. The molecule has 0 aliphatic heterocycles. The largest absolute Gasteiger partial charge is 0.462 e. The average molecular weight is 827 g/mol. The first-order chi connectivity index (χ1) is 29.0. The van der Waals surface area contributed by atoms with Crippen LogP contribution in [0, 0.1) is 0 Å². The molecule has 0 N–H and O–H groups in total. The molecular formula is C53H94O6. The van der Waals surface area contributed by atoms with Gasteiger partial charge in [-0.3, -0.25) is 14.4 Å². The molecule has 6 nitrogen and oxygen atoms in total. The highest BCUT2D eigenvalue weighted by Gasteiger charge is 2.19. The maximum Gasteiger partial charge on any atom is 0.306 e. The number of ether oxygens (including phenoxy) is 3. The molecule has 0 spiro atoms. The molecule has 342 valence electrons. The van der Waals surface area contributed by atoms with Gasteiger partial charge in [0.05, 0.1) is 0 Å². The van der Waals surface area contributed by atoms with Gasteiger partial charge in [-0.05, 0) is 38.5 Å². The molecule has 0 rings (SSSR count). The third kappa shape index (κ3) is 46.3. The number of hydrogen-bond donors (Lipinski definition) is 0. The smallest absolute Gasteiger partial charge is 0.306 e. The minimum Gasteiger partial charge on any atom is -0.462 e. The Morgan fingerprint density at radius 1 is 0.356 bits per heavy atom. The standard InChI is InChI=1S/C53H94O6/c1-4-7-10-13-16-19-22-25-28-31-34-37-40-43-46-52(55)58-49-50(48-57-51(54)45-42-39-36-33-30-27-24-21-18-15-12-9-6-3)59-53(56)47-44-41-38-35-32-29-26-23-20-17-14-11-8-5-2/h9,12,15,18,21,24,27,30,50H,4-8,10-11,13-14,16-17,19-20,22-23,25-26,28-29,31-49H2,1-3H3/b12-9+,18-15+,24-21+,30-27+. The highest BCUT2D eigenvalue weighted by atomic mass is 16.6. The first kappa shape index (κ1) is 56.4. The van der Waals surface area contributed by atoms with E-state index >= 15 is 0 Å². The van der Waals surface area contributed by atoms with E-state index in [1.54, 1.807) is 0 Å². The normalized spacial score (nSPS) is 12.4. The molecule has 0 aromatic carbocycles. The zero-order chi connectivity index (χ0) is 43.0. The fourth-order valence-corrected chi connectivity index (χ4v) is 7.16. The van der Waals surface area contributed by atoms with Crippen molar-refractivity contribution >= 4 is 17.9 Å². The minimum absolute atomic E-state index is 0.0821. The summed E-state index contributed by atoms with van der Waals surface area (Å²) in [6, 6.07) is 0. The van der Waals surface area contributed by atoms with E-state index in [4.69, 9.17) is 14.2 Å². The van der Waals surface area contributed by atoms with Gasteiger partial charge in [-0.15, -0.1) is 0 Å². The lowest BCUT2D eigenvalue weighted by molar-refractivity contribution is -0.167. The van der Waals surface area contributed by atoms with Crippen LogP contribution in [0.1, 0.15) is 252 Å². The molecule has 0 bridgehead atoms. The topological polar surface area (TPSA) is 78.9 Å². The van der Waals surface area contributed by atoms with Crippen LogP contribution in [0.3, 0.4) is 0 Å². The van der Waals surface area contributed by atoms with Gasteiger partial charge in [0.25, 0.3) is 0 Å². The molecule has 0 aliphatic rings. The highest BCUT2D eigenvalue weighted by Crippen LogP contribution is 2.16. The molecule has 0 radical (unpaired) electrons. The molecule has 0 amide bonds. The Morgan fingerprint density at radius 2 is 0.661 bits per heavy atom. The summed E-state index contributed by atoms with van der Waals surface area (Å²) in [5, 5.41) is 0. The first-order valence-corrected chi connectivity index (χ1v) is 25.2. The van der Waals surface area contributed by atoms with Crippen molar-refractivity contribution in [2.24, 2.45) is 0 Å². The van der Waals surface area contributed by atoms with Gasteiger partial charge in [-0.2, -0.15) is 0 Å². The molecule has 0 heterocycles. The van der Waals surface area contributed by atoms with Crippen LogP contribution in [0.5, 0.6) is 0 Å². The fourth-order valence-electron chi connectivity index (χ4n) is 7.16. The maximum atomic E-state index is 12.8. The van der Waals surface area contributed by atoms with Crippen LogP contribution in [-0.2, 0) is 28.6 Å². The molecule has 59 heavy (non-hydrogen) atoms. The lowest BCUT2D eigenvalue weighted by Gasteiger charge is -2.18. The Hall–Kier alpha value is -2.63. The highest BCUT2D eigenvalue weighted by molar-refractivity contribution is 5.71. The van der Waals surface area contributed by atoms with E-state index in [9.17, 15) is 14.4 Å². The van der Waals surface area contributed by atoms with Gasteiger partial charge < -0.3 is 14.2 Å². The minimum atomic E-state index is -0.783. The second-order valence-electron chi connectivity index (χ2n) is 16.8. The number of hydrogen-bond acceptors (Lipinski definition) is 6. The monoisotopic (exact) mass is 827 g/mol. The summed E-state index contributed by atoms with van der Waals surface area (Å²) in [4.78, 5) is 37.9. The van der Waals surface area contributed by atoms with Gasteiger partial charge in [-0.1, -0.05) is 243 Å². The molecule has 0 aromatic heterocycles. The van der Waals surface area contributed by atoms with Gasteiger partial charge in [0.1, 0.15) is 13.2 Å². The summed E-state index contributed by atoms with van der Waals surface area (Å²) < 4.78 is 16.8. The summed E-state index contributed by atoms with van der Waals surface area (Å²) in [7, 11) is 0. The van der Waals surface area contributed by atoms with Gasteiger partial charge >= 0.3 is 17.9 Å². The van der Waals surface area contributed by atoms with Crippen molar-refractivity contribution < 1.29 is 28.6 Å². The van der Waals surface area contributed by atoms with Crippen LogP contribution in [-0.4, -0.2) is 37.2 Å². The molecule has 0 saturated carbocycles. The number of esters is 3. The number of carbonyl (C=O) groups excluding carboxylic acids is 3. The second kappa shape index (κ2) is 48.0. The van der Waals surface area contributed by atoms with Crippen molar-refractivity contribution in [1.29, 1.82) is 0 Å². The summed E-state index contributed by atoms with van der Waals surface area (Å²) in [5.74, 6) is -0.914. The average Bonchev–Trinajstić information content (AvgIpc) is 3.23. The summed E-state index contributed by atoms with van der Waals surface area (Å²) in [6.07, 6.45) is 56.6. The van der Waals surface area contributed by atoms with E-state index in [1.807, 2.05) is 30.4 Å². The van der Waals surface area contributed by atoms with Gasteiger partial charge in [0, 0.05) is 19.3 Å². The van der Waals surface area contributed by atoms with Crippen molar-refractivity contribution in [2.75, 3.05) is 13.2 Å². The zero-order valence-corrected chi connectivity index (χ0v) is 39.0. The summed E-state index contributed by atoms with van der Waals surface area (Å²) in [6.45, 7) is 6.48. The van der Waals surface area contributed by atoms with E-state index in [0.717, 1.165) is 70.6 Å². The lowest BCUT2D eigenvalue weighted by Crippen LogP contribution is -2.30. The molecule has 0 saturated heterocycles. The van der Waals surface area contributed by atoms with Gasteiger partial charge in [0.15, 0.2) is 6.10 Å². The van der Waals surface area contributed by atoms with Crippen molar-refractivity contribution in [1.82, 2.24) is 0 Å². The zero-order valence-electron chi connectivity index (χ0n) is 39.0. The molecule has 1 unspecified atom stereocenters. The third-order valence-electron chi connectivity index (χ3n) is 10.9. The Bertz CT molecular complexity index is 1040. The lowest BCUT2D eigenvalue weighted by atomic mass is 10.0. The van der Waals surface area contributed by atoms with Crippen LogP contribution in [0.4, 0.5) is 0 Å². The van der Waals surface area contributed by atoms with E-state index in [0.29, 0.717) is 19.3 Å². The molecule has 0 aromatic rings. The van der Waals surface area contributed by atoms with Crippen LogP contribution in [0.15, 0.2) is 48.6 Å². The van der Waals surface area contributed by atoms with Crippen molar-refractivity contribution in [2.45, 2.75) is 258 Å². The number of carbonyl (C=O) groups is 3. The van der Waals surface area contributed by atoms with Crippen LogP contribution in [0.25, 0.3) is 0 Å². The Kier molecular flexibility index (Phi) is 45.9. The van der Waals surface area contributed by atoms with Crippen LogP contribution in [0.2, 0.25) is 0 Å². The Labute approximate surface area is 365 Å².